The van der Waals surface area contributed by atoms with Crippen molar-refractivity contribution in [2.75, 3.05) is 13.2 Å². The average Bonchev–Trinajstić information content (AvgIpc) is 3.34. The standard InChI is InChI=1S/C18H23N5O/c1-2-22-13-16(12-20-22)18-14(6-8-24-18)9-19-10-15-11-21-23-7-4-3-5-17(15)23/h3-5,7,11-14,18-19H,2,6,8-10H2,1H3/t14-,18+/m0/s1. The zero-order chi connectivity index (χ0) is 16.4. The first-order chi connectivity index (χ1) is 11.8. The van der Waals surface area contributed by atoms with Gasteiger partial charge in [-0.15, -0.1) is 0 Å². The molecule has 0 radical (unpaired) electrons. The lowest BCUT2D eigenvalue weighted by atomic mass is 9.97. The normalized spacial score (nSPS) is 20.9. The molecule has 126 valence electrons. The molecule has 1 aliphatic heterocycles. The first-order valence-electron chi connectivity index (χ1n) is 8.61. The van der Waals surface area contributed by atoms with Crippen LogP contribution < -0.4 is 5.32 Å². The molecule has 24 heavy (non-hydrogen) atoms. The predicted octanol–water partition coefficient (Wildman–Crippen LogP) is 2.42. The second kappa shape index (κ2) is 6.75. The van der Waals surface area contributed by atoms with Crippen molar-refractivity contribution in [1.29, 1.82) is 0 Å². The highest BCUT2D eigenvalue weighted by Crippen LogP contribution is 2.33. The summed E-state index contributed by atoms with van der Waals surface area (Å²) in [4.78, 5) is 0. The zero-order valence-corrected chi connectivity index (χ0v) is 13.9. The number of aryl methyl sites for hydroxylation is 1. The SMILES string of the molecule is CCn1cc([C@@H]2OCC[C@H]2CNCc2cnn3ccccc23)cn1. The van der Waals surface area contributed by atoms with Crippen LogP contribution in [0.3, 0.4) is 0 Å². The lowest BCUT2D eigenvalue weighted by Gasteiger charge is -2.17. The number of pyridine rings is 1. The number of ether oxygens (including phenoxy) is 1. The minimum absolute atomic E-state index is 0.154. The summed E-state index contributed by atoms with van der Waals surface area (Å²) in [5, 5.41) is 12.3. The third-order valence-corrected chi connectivity index (χ3v) is 4.75. The number of fused-ring (bicyclic) bond motifs is 1. The van der Waals surface area contributed by atoms with Crippen LogP contribution in [0.5, 0.6) is 0 Å². The summed E-state index contributed by atoms with van der Waals surface area (Å²) >= 11 is 0. The maximum Gasteiger partial charge on any atom is 0.0896 e. The monoisotopic (exact) mass is 325 g/mol. The van der Waals surface area contributed by atoms with E-state index in [0.29, 0.717) is 5.92 Å². The van der Waals surface area contributed by atoms with Crippen LogP contribution >= 0.6 is 0 Å². The molecular formula is C18H23N5O. The quantitative estimate of drug-likeness (QED) is 0.756. The van der Waals surface area contributed by atoms with Gasteiger partial charge in [-0.3, -0.25) is 4.68 Å². The summed E-state index contributed by atoms with van der Waals surface area (Å²) in [6.45, 7) is 5.58. The number of rotatable bonds is 6. The van der Waals surface area contributed by atoms with Crippen molar-refractivity contribution in [3.63, 3.8) is 0 Å². The second-order valence-electron chi connectivity index (χ2n) is 6.30. The third-order valence-electron chi connectivity index (χ3n) is 4.75. The van der Waals surface area contributed by atoms with Crippen molar-refractivity contribution in [3.8, 4) is 0 Å². The molecule has 4 rings (SSSR count). The van der Waals surface area contributed by atoms with Crippen molar-refractivity contribution < 1.29 is 4.74 Å². The molecule has 6 heteroatoms. The Bertz CT molecular complexity index is 808. The highest BCUT2D eigenvalue weighted by atomic mass is 16.5. The Balaban J connectivity index is 1.38. The topological polar surface area (TPSA) is 56.4 Å². The maximum absolute atomic E-state index is 5.96. The Morgan fingerprint density at radius 3 is 3.12 bits per heavy atom. The lowest BCUT2D eigenvalue weighted by molar-refractivity contribution is 0.0904. The molecule has 3 aromatic rings. The van der Waals surface area contributed by atoms with Gasteiger partial charge in [0.05, 0.1) is 24.0 Å². The molecular weight excluding hydrogens is 302 g/mol. The molecule has 3 aromatic heterocycles. The summed E-state index contributed by atoms with van der Waals surface area (Å²) < 4.78 is 9.83. The highest BCUT2D eigenvalue weighted by Gasteiger charge is 2.30. The van der Waals surface area contributed by atoms with Crippen molar-refractivity contribution >= 4 is 5.52 Å². The van der Waals surface area contributed by atoms with Gasteiger partial charge in [0.25, 0.3) is 0 Å². The summed E-state index contributed by atoms with van der Waals surface area (Å²) in [6, 6.07) is 6.14. The van der Waals surface area contributed by atoms with Gasteiger partial charge in [0.2, 0.25) is 0 Å². The Labute approximate surface area is 141 Å². The van der Waals surface area contributed by atoms with Gasteiger partial charge in [-0.25, -0.2) is 4.52 Å². The number of hydrogen-bond donors (Lipinski definition) is 1. The lowest BCUT2D eigenvalue weighted by Crippen LogP contribution is -2.24. The molecule has 6 nitrogen and oxygen atoms in total. The van der Waals surface area contributed by atoms with E-state index in [1.165, 1.54) is 11.1 Å². The molecule has 1 saturated heterocycles. The average molecular weight is 325 g/mol. The fourth-order valence-corrected chi connectivity index (χ4v) is 3.43. The van der Waals surface area contributed by atoms with Crippen molar-refractivity contribution in [2.45, 2.75) is 32.5 Å². The number of nitrogens with zero attached hydrogens (tertiary/aromatic N) is 4. The van der Waals surface area contributed by atoms with E-state index in [0.717, 1.165) is 38.2 Å². The van der Waals surface area contributed by atoms with Gasteiger partial charge >= 0.3 is 0 Å². The number of hydrogen-bond acceptors (Lipinski definition) is 4. The first kappa shape index (κ1) is 15.4. The Hall–Kier alpha value is -2.18. The van der Waals surface area contributed by atoms with Crippen molar-refractivity contribution in [2.24, 2.45) is 5.92 Å². The van der Waals surface area contributed by atoms with Gasteiger partial charge in [-0.1, -0.05) is 6.07 Å². The van der Waals surface area contributed by atoms with Crippen LogP contribution in [0.1, 0.15) is 30.6 Å². The molecule has 0 unspecified atom stereocenters. The molecule has 1 aliphatic rings. The largest absolute Gasteiger partial charge is 0.373 e. The van der Waals surface area contributed by atoms with Gasteiger partial charge in [0.15, 0.2) is 0 Å². The van der Waals surface area contributed by atoms with Crippen LogP contribution in [-0.4, -0.2) is 32.5 Å². The van der Waals surface area contributed by atoms with Crippen LogP contribution in [0.2, 0.25) is 0 Å². The van der Waals surface area contributed by atoms with Gasteiger partial charge in [0, 0.05) is 55.7 Å². The van der Waals surface area contributed by atoms with Gasteiger partial charge < -0.3 is 10.1 Å². The molecule has 1 N–H and O–H groups in total. The molecule has 0 saturated carbocycles. The van der Waals surface area contributed by atoms with Crippen LogP contribution in [-0.2, 0) is 17.8 Å². The van der Waals surface area contributed by atoms with Crippen LogP contribution in [0.25, 0.3) is 5.52 Å². The summed E-state index contributed by atoms with van der Waals surface area (Å²) in [7, 11) is 0. The molecule has 0 aliphatic carbocycles. The Morgan fingerprint density at radius 2 is 2.25 bits per heavy atom. The van der Waals surface area contributed by atoms with Crippen molar-refractivity contribution in [1.82, 2.24) is 24.7 Å². The highest BCUT2D eigenvalue weighted by molar-refractivity contribution is 5.53. The fraction of sp³-hybridized carbons (Fsp3) is 0.444. The van der Waals surface area contributed by atoms with Gasteiger partial charge in [-0.05, 0) is 25.5 Å². The molecule has 1 fully saturated rings. The molecule has 4 heterocycles. The minimum Gasteiger partial charge on any atom is -0.373 e. The predicted molar refractivity (Wildman–Crippen MR) is 91.6 cm³/mol. The molecule has 0 aromatic carbocycles. The summed E-state index contributed by atoms with van der Waals surface area (Å²) in [5.74, 6) is 0.487. The smallest absolute Gasteiger partial charge is 0.0896 e. The van der Waals surface area contributed by atoms with E-state index in [9.17, 15) is 0 Å². The van der Waals surface area contributed by atoms with Crippen LogP contribution in [0.4, 0.5) is 0 Å². The molecule has 0 spiro atoms. The van der Waals surface area contributed by atoms with E-state index in [1.54, 1.807) is 0 Å². The zero-order valence-electron chi connectivity index (χ0n) is 13.9. The van der Waals surface area contributed by atoms with E-state index >= 15 is 0 Å². The summed E-state index contributed by atoms with van der Waals surface area (Å²) in [5.41, 5.74) is 3.58. The van der Waals surface area contributed by atoms with Crippen LogP contribution in [0.15, 0.2) is 43.0 Å². The fourth-order valence-electron chi connectivity index (χ4n) is 3.43. The Kier molecular flexibility index (Phi) is 4.32. The number of aromatic nitrogens is 4. The van der Waals surface area contributed by atoms with Gasteiger partial charge in [-0.2, -0.15) is 10.2 Å². The maximum atomic E-state index is 5.96. The third kappa shape index (κ3) is 2.95. The van der Waals surface area contributed by atoms with E-state index in [4.69, 9.17) is 4.74 Å². The summed E-state index contributed by atoms with van der Waals surface area (Å²) in [6.07, 6.45) is 9.21. The molecule has 2 atom stereocenters. The van der Waals surface area contributed by atoms with E-state index < -0.39 is 0 Å². The molecule has 0 bridgehead atoms. The van der Waals surface area contributed by atoms with Gasteiger partial charge in [0.1, 0.15) is 0 Å². The Morgan fingerprint density at radius 1 is 1.29 bits per heavy atom. The second-order valence-corrected chi connectivity index (χ2v) is 6.30. The molecule has 0 amide bonds. The van der Waals surface area contributed by atoms with E-state index in [1.807, 2.05) is 39.9 Å². The van der Waals surface area contributed by atoms with Crippen molar-refractivity contribution in [3.05, 3.63) is 54.1 Å². The van der Waals surface area contributed by atoms with E-state index in [2.05, 4.69) is 34.7 Å². The van der Waals surface area contributed by atoms with Crippen LogP contribution in [0, 0.1) is 5.92 Å². The first-order valence-corrected chi connectivity index (χ1v) is 8.61. The van der Waals surface area contributed by atoms with E-state index in [-0.39, 0.29) is 6.10 Å². The number of nitrogens with one attached hydrogen (secondary N) is 1. The minimum atomic E-state index is 0.154.